The van der Waals surface area contributed by atoms with E-state index in [-0.39, 0.29) is 5.91 Å². The molecule has 0 radical (unpaired) electrons. The Balaban J connectivity index is 2.58. The van der Waals surface area contributed by atoms with Gasteiger partial charge in [0.1, 0.15) is 0 Å². The van der Waals surface area contributed by atoms with Crippen LogP contribution in [0.3, 0.4) is 0 Å². The van der Waals surface area contributed by atoms with Gasteiger partial charge in [0.15, 0.2) is 0 Å². The van der Waals surface area contributed by atoms with Gasteiger partial charge in [-0.05, 0) is 29.5 Å². The van der Waals surface area contributed by atoms with Crippen LogP contribution in [0.15, 0.2) is 24.3 Å². The average molecular weight is 219 g/mol. The number of carbonyl (C=O) groups excluding carboxylic acids is 1. The molecule has 0 atom stereocenters. The van der Waals surface area contributed by atoms with Crippen LogP contribution in [0.1, 0.15) is 45.6 Å². The molecule has 0 saturated carbocycles. The van der Waals surface area contributed by atoms with Gasteiger partial charge in [0, 0.05) is 12.1 Å². The summed E-state index contributed by atoms with van der Waals surface area (Å²) < 4.78 is 0. The van der Waals surface area contributed by atoms with E-state index in [1.807, 2.05) is 26.0 Å². The Bertz CT molecular complexity index is 338. The van der Waals surface area contributed by atoms with Crippen molar-refractivity contribution in [1.29, 1.82) is 0 Å². The maximum atomic E-state index is 11.5. The Morgan fingerprint density at radius 2 is 1.69 bits per heavy atom. The van der Waals surface area contributed by atoms with Gasteiger partial charge in [-0.3, -0.25) is 4.79 Å². The molecule has 0 fully saturated rings. The number of amides is 1. The second kappa shape index (κ2) is 5.69. The topological polar surface area (TPSA) is 29.1 Å². The molecule has 1 amide bonds. The Hall–Kier alpha value is -1.31. The van der Waals surface area contributed by atoms with Crippen molar-refractivity contribution >= 4 is 11.6 Å². The molecule has 0 bridgehead atoms. The minimum absolute atomic E-state index is 0.0901. The van der Waals surface area contributed by atoms with Crippen molar-refractivity contribution in [2.45, 2.75) is 40.0 Å². The van der Waals surface area contributed by atoms with E-state index in [1.54, 1.807) is 0 Å². The van der Waals surface area contributed by atoms with Gasteiger partial charge >= 0.3 is 0 Å². The van der Waals surface area contributed by atoms with Crippen LogP contribution in [-0.2, 0) is 4.79 Å². The number of hydrogen-bond donors (Lipinski definition) is 1. The van der Waals surface area contributed by atoms with E-state index in [9.17, 15) is 4.79 Å². The standard InChI is InChI=1S/C14H21NO/c1-10(2)9-14(16)15-13-7-5-12(6-8-13)11(3)4/h5-8,10-11H,9H2,1-4H3,(H,15,16). The van der Waals surface area contributed by atoms with Crippen LogP contribution >= 0.6 is 0 Å². The zero-order valence-corrected chi connectivity index (χ0v) is 10.6. The van der Waals surface area contributed by atoms with Crippen LogP contribution in [0, 0.1) is 5.92 Å². The molecule has 0 spiro atoms. The highest BCUT2D eigenvalue weighted by atomic mass is 16.1. The molecule has 16 heavy (non-hydrogen) atoms. The Kier molecular flexibility index (Phi) is 4.53. The largest absolute Gasteiger partial charge is 0.326 e. The van der Waals surface area contributed by atoms with E-state index >= 15 is 0 Å². The number of rotatable bonds is 4. The summed E-state index contributed by atoms with van der Waals surface area (Å²) in [5.41, 5.74) is 2.18. The fourth-order valence-electron chi connectivity index (χ4n) is 1.53. The van der Waals surface area contributed by atoms with E-state index in [0.717, 1.165) is 5.69 Å². The summed E-state index contributed by atoms with van der Waals surface area (Å²) in [6.45, 7) is 8.40. The molecule has 0 unspecified atom stereocenters. The molecule has 88 valence electrons. The lowest BCUT2D eigenvalue weighted by atomic mass is 10.0. The maximum Gasteiger partial charge on any atom is 0.224 e. The first kappa shape index (κ1) is 12.8. The second-order valence-corrected chi connectivity index (χ2v) is 4.92. The third-order valence-electron chi connectivity index (χ3n) is 2.45. The summed E-state index contributed by atoms with van der Waals surface area (Å²) in [4.78, 5) is 11.5. The van der Waals surface area contributed by atoms with Crippen LogP contribution in [0.25, 0.3) is 0 Å². The summed E-state index contributed by atoms with van der Waals surface area (Å²) >= 11 is 0. The molecule has 0 saturated heterocycles. The molecule has 1 rings (SSSR count). The molecule has 1 N–H and O–H groups in total. The molecule has 2 nitrogen and oxygen atoms in total. The third-order valence-corrected chi connectivity index (χ3v) is 2.45. The molecule has 0 aromatic heterocycles. The molecule has 1 aromatic carbocycles. The van der Waals surface area contributed by atoms with E-state index in [2.05, 4.69) is 31.3 Å². The normalized spacial score (nSPS) is 10.9. The minimum atomic E-state index is 0.0901. The van der Waals surface area contributed by atoms with Gasteiger partial charge in [-0.2, -0.15) is 0 Å². The molecule has 0 heterocycles. The monoisotopic (exact) mass is 219 g/mol. The van der Waals surface area contributed by atoms with Crippen molar-refractivity contribution < 1.29 is 4.79 Å². The van der Waals surface area contributed by atoms with Crippen LogP contribution in [-0.4, -0.2) is 5.91 Å². The van der Waals surface area contributed by atoms with Gasteiger partial charge < -0.3 is 5.32 Å². The third kappa shape index (κ3) is 4.05. The molecular formula is C14H21NO. The summed E-state index contributed by atoms with van der Waals surface area (Å²) in [7, 11) is 0. The lowest BCUT2D eigenvalue weighted by Gasteiger charge is -2.09. The lowest BCUT2D eigenvalue weighted by molar-refractivity contribution is -0.116. The van der Waals surface area contributed by atoms with Crippen molar-refractivity contribution in [3.05, 3.63) is 29.8 Å². The highest BCUT2D eigenvalue weighted by Crippen LogP contribution is 2.17. The lowest BCUT2D eigenvalue weighted by Crippen LogP contribution is -2.13. The predicted octanol–water partition coefficient (Wildman–Crippen LogP) is 3.79. The number of anilines is 1. The molecule has 1 aromatic rings. The van der Waals surface area contributed by atoms with E-state index < -0.39 is 0 Å². The van der Waals surface area contributed by atoms with Gasteiger partial charge in [0.05, 0.1) is 0 Å². The fourth-order valence-corrected chi connectivity index (χ4v) is 1.53. The van der Waals surface area contributed by atoms with Crippen molar-refractivity contribution in [2.75, 3.05) is 5.32 Å². The number of nitrogens with one attached hydrogen (secondary N) is 1. The second-order valence-electron chi connectivity index (χ2n) is 4.92. The van der Waals surface area contributed by atoms with Crippen LogP contribution in [0.4, 0.5) is 5.69 Å². The molecule has 0 aliphatic rings. The van der Waals surface area contributed by atoms with E-state index in [1.165, 1.54) is 5.56 Å². The Morgan fingerprint density at radius 3 is 2.12 bits per heavy atom. The summed E-state index contributed by atoms with van der Waals surface area (Å²) in [6, 6.07) is 8.06. The summed E-state index contributed by atoms with van der Waals surface area (Å²) in [5, 5.41) is 2.90. The average Bonchev–Trinajstić information content (AvgIpc) is 2.16. The molecular weight excluding hydrogens is 198 g/mol. The zero-order chi connectivity index (χ0) is 12.1. The zero-order valence-electron chi connectivity index (χ0n) is 10.6. The van der Waals surface area contributed by atoms with E-state index in [0.29, 0.717) is 18.3 Å². The van der Waals surface area contributed by atoms with Gasteiger partial charge in [0.2, 0.25) is 5.91 Å². The predicted molar refractivity (Wildman–Crippen MR) is 68.6 cm³/mol. The SMILES string of the molecule is CC(C)CC(=O)Nc1ccc(C(C)C)cc1. The first-order valence-corrected chi connectivity index (χ1v) is 5.89. The summed E-state index contributed by atoms with van der Waals surface area (Å²) in [5.74, 6) is 1.02. The van der Waals surface area contributed by atoms with Gasteiger partial charge in [-0.1, -0.05) is 39.8 Å². The molecule has 2 heteroatoms. The van der Waals surface area contributed by atoms with Crippen molar-refractivity contribution in [2.24, 2.45) is 5.92 Å². The van der Waals surface area contributed by atoms with Gasteiger partial charge in [-0.25, -0.2) is 0 Å². The van der Waals surface area contributed by atoms with Crippen molar-refractivity contribution in [3.8, 4) is 0 Å². The maximum absolute atomic E-state index is 11.5. The van der Waals surface area contributed by atoms with Crippen LogP contribution in [0.5, 0.6) is 0 Å². The minimum Gasteiger partial charge on any atom is -0.326 e. The number of benzene rings is 1. The highest BCUT2D eigenvalue weighted by Gasteiger charge is 2.05. The van der Waals surface area contributed by atoms with Crippen molar-refractivity contribution in [3.63, 3.8) is 0 Å². The van der Waals surface area contributed by atoms with Crippen LogP contribution in [0.2, 0.25) is 0 Å². The Morgan fingerprint density at radius 1 is 1.12 bits per heavy atom. The smallest absolute Gasteiger partial charge is 0.224 e. The number of carbonyl (C=O) groups is 1. The Labute approximate surface area is 98.1 Å². The van der Waals surface area contributed by atoms with Crippen molar-refractivity contribution in [1.82, 2.24) is 0 Å². The van der Waals surface area contributed by atoms with Gasteiger partial charge in [-0.15, -0.1) is 0 Å². The van der Waals surface area contributed by atoms with Crippen LogP contribution < -0.4 is 5.32 Å². The fraction of sp³-hybridized carbons (Fsp3) is 0.500. The number of hydrogen-bond acceptors (Lipinski definition) is 1. The first-order valence-electron chi connectivity index (χ1n) is 5.89. The quantitative estimate of drug-likeness (QED) is 0.820. The van der Waals surface area contributed by atoms with Gasteiger partial charge in [0.25, 0.3) is 0 Å². The first-order chi connectivity index (χ1) is 7.49. The summed E-state index contributed by atoms with van der Waals surface area (Å²) in [6.07, 6.45) is 0.575. The highest BCUT2D eigenvalue weighted by molar-refractivity contribution is 5.90. The molecule has 0 aliphatic carbocycles. The van der Waals surface area contributed by atoms with E-state index in [4.69, 9.17) is 0 Å². The molecule has 0 aliphatic heterocycles.